The van der Waals surface area contributed by atoms with Gasteiger partial charge in [-0.2, -0.15) is 13.2 Å². The fourth-order valence-electron chi connectivity index (χ4n) is 3.68. The third-order valence-electron chi connectivity index (χ3n) is 5.47. The van der Waals surface area contributed by atoms with Crippen LogP contribution in [0, 0.1) is 5.82 Å². The summed E-state index contributed by atoms with van der Waals surface area (Å²) in [5.74, 6) is -2.41. The summed E-state index contributed by atoms with van der Waals surface area (Å²) in [6.45, 7) is 2.71. The molecule has 1 fully saturated rings. The molecule has 0 spiro atoms. The Hall–Kier alpha value is -3.11. The molecule has 0 aliphatic carbocycles. The Morgan fingerprint density at radius 2 is 1.97 bits per heavy atom. The Bertz CT molecular complexity index is 1030. The van der Waals surface area contributed by atoms with Gasteiger partial charge < -0.3 is 4.90 Å². The van der Waals surface area contributed by atoms with Crippen molar-refractivity contribution in [3.8, 4) is 0 Å². The number of carbonyl (C=O) groups excluding carboxylic acids is 2. The molecule has 1 saturated heterocycles. The van der Waals surface area contributed by atoms with E-state index in [0.717, 1.165) is 21.8 Å². The van der Waals surface area contributed by atoms with Gasteiger partial charge >= 0.3 is 12.2 Å². The molecule has 0 aromatic carbocycles. The lowest BCUT2D eigenvalue weighted by Gasteiger charge is -2.24. The van der Waals surface area contributed by atoms with Crippen LogP contribution in [0.3, 0.4) is 0 Å². The van der Waals surface area contributed by atoms with E-state index in [1.54, 1.807) is 19.2 Å². The fourth-order valence-corrected chi connectivity index (χ4v) is 3.68. The molecule has 2 aromatic rings. The van der Waals surface area contributed by atoms with Gasteiger partial charge in [0.2, 0.25) is 0 Å². The Morgan fingerprint density at radius 1 is 1.24 bits per heavy atom. The minimum atomic E-state index is -4.81. The number of aromatic nitrogens is 2. The van der Waals surface area contributed by atoms with Gasteiger partial charge in [0, 0.05) is 18.1 Å². The average Bonchev–Trinajstić information content (AvgIpc) is 3.08. The zero-order valence-corrected chi connectivity index (χ0v) is 18.1. The zero-order chi connectivity index (χ0) is 24.3. The smallest absolute Gasteiger partial charge is 0.309 e. The van der Waals surface area contributed by atoms with Crippen LogP contribution in [-0.4, -0.2) is 52.0 Å². The molecule has 1 aliphatic heterocycles. The highest BCUT2D eigenvalue weighted by Crippen LogP contribution is 2.33. The molecule has 3 heterocycles. The average molecular weight is 470 g/mol. The molecule has 2 amide bonds. The number of anilines is 1. The summed E-state index contributed by atoms with van der Waals surface area (Å²) in [5, 5.41) is 0. The Morgan fingerprint density at radius 3 is 2.58 bits per heavy atom. The van der Waals surface area contributed by atoms with Crippen LogP contribution in [0.1, 0.15) is 37.1 Å². The van der Waals surface area contributed by atoms with Crippen molar-refractivity contribution in [3.05, 3.63) is 53.2 Å². The molecule has 2 atom stereocenters. The molecule has 1 aliphatic rings. The number of rotatable bonds is 8. The number of carbonyl (C=O) groups is 2. The summed E-state index contributed by atoms with van der Waals surface area (Å²) in [5.41, 5.74) is 0.174. The standard InChI is InChI=1S/C22H23F5N4O2/c1-3-13-5-6-28-15(7-13)9-16(32)11-30-19(17(23)4-2)12-31(21(30)33)20-18(24)8-14(10-29-20)22(25,26)27/h5-8,10,17,19H,3-4,9,11-12H2,1-2H3/t17-,19+/m0/s1. The predicted molar refractivity (Wildman–Crippen MR) is 110 cm³/mol. The third-order valence-corrected chi connectivity index (χ3v) is 5.47. The molecular weight excluding hydrogens is 447 g/mol. The highest BCUT2D eigenvalue weighted by molar-refractivity contribution is 5.97. The quantitative estimate of drug-likeness (QED) is 0.538. The van der Waals surface area contributed by atoms with E-state index in [2.05, 4.69) is 9.97 Å². The van der Waals surface area contributed by atoms with E-state index in [0.29, 0.717) is 11.9 Å². The normalized spacial score (nSPS) is 17.5. The van der Waals surface area contributed by atoms with Crippen LogP contribution in [-0.2, 0) is 23.8 Å². The highest BCUT2D eigenvalue weighted by Gasteiger charge is 2.44. The van der Waals surface area contributed by atoms with Crippen molar-refractivity contribution < 1.29 is 31.5 Å². The monoisotopic (exact) mass is 470 g/mol. The Balaban J connectivity index is 1.82. The van der Waals surface area contributed by atoms with Gasteiger partial charge in [-0.05, 0) is 36.6 Å². The summed E-state index contributed by atoms with van der Waals surface area (Å²) in [7, 11) is 0. The molecule has 11 heteroatoms. The lowest BCUT2D eigenvalue weighted by molar-refractivity contribution is -0.138. The Kier molecular flexibility index (Phi) is 7.28. The van der Waals surface area contributed by atoms with Crippen molar-refractivity contribution in [1.29, 1.82) is 0 Å². The van der Waals surface area contributed by atoms with Crippen LogP contribution in [0.25, 0.3) is 0 Å². The van der Waals surface area contributed by atoms with Gasteiger partial charge in [0.05, 0.1) is 31.1 Å². The molecule has 0 bridgehead atoms. The minimum absolute atomic E-state index is 0.0273. The second-order valence-electron chi connectivity index (χ2n) is 7.76. The number of aryl methyl sites for hydroxylation is 1. The maximum atomic E-state index is 14.6. The molecular formula is C22H23F5N4O2. The van der Waals surface area contributed by atoms with Crippen LogP contribution in [0.4, 0.5) is 32.6 Å². The molecule has 0 radical (unpaired) electrons. The number of hydrogen-bond donors (Lipinski definition) is 0. The Labute approximate surface area is 187 Å². The topological polar surface area (TPSA) is 66.4 Å². The van der Waals surface area contributed by atoms with E-state index in [-0.39, 0.29) is 25.5 Å². The van der Waals surface area contributed by atoms with Crippen LogP contribution >= 0.6 is 0 Å². The summed E-state index contributed by atoms with van der Waals surface area (Å²) in [6, 6.07) is 1.83. The summed E-state index contributed by atoms with van der Waals surface area (Å²) in [6.07, 6.45) is -3.66. The first-order valence-electron chi connectivity index (χ1n) is 10.5. The van der Waals surface area contributed by atoms with E-state index in [1.165, 1.54) is 0 Å². The minimum Gasteiger partial charge on any atom is -0.309 e. The third kappa shape index (κ3) is 5.45. The van der Waals surface area contributed by atoms with Crippen molar-refractivity contribution in [2.45, 2.75) is 51.5 Å². The van der Waals surface area contributed by atoms with E-state index < -0.39 is 53.9 Å². The number of nitrogens with zero attached hydrogens (tertiary/aromatic N) is 4. The van der Waals surface area contributed by atoms with Gasteiger partial charge in [-0.25, -0.2) is 18.6 Å². The number of hydrogen-bond acceptors (Lipinski definition) is 4. The molecule has 6 nitrogen and oxygen atoms in total. The molecule has 178 valence electrons. The number of amides is 2. The fraction of sp³-hybridized carbons (Fsp3) is 0.455. The predicted octanol–water partition coefficient (Wildman–Crippen LogP) is 4.37. The number of halogens is 5. The molecule has 2 aromatic heterocycles. The second kappa shape index (κ2) is 9.80. The number of alkyl halides is 4. The largest absolute Gasteiger partial charge is 0.417 e. The van der Waals surface area contributed by atoms with Gasteiger partial charge in [0.25, 0.3) is 0 Å². The zero-order valence-electron chi connectivity index (χ0n) is 18.1. The van der Waals surface area contributed by atoms with Crippen molar-refractivity contribution in [2.24, 2.45) is 0 Å². The number of urea groups is 1. The van der Waals surface area contributed by atoms with E-state index in [4.69, 9.17) is 0 Å². The lowest BCUT2D eigenvalue weighted by atomic mass is 10.1. The van der Waals surface area contributed by atoms with Crippen molar-refractivity contribution in [3.63, 3.8) is 0 Å². The molecule has 3 rings (SSSR count). The lowest BCUT2D eigenvalue weighted by Crippen LogP contribution is -2.43. The number of Topliss-reactive ketones (excluding diaryl/α,β-unsaturated/α-hetero) is 1. The number of pyridine rings is 2. The van der Waals surface area contributed by atoms with E-state index in [9.17, 15) is 31.5 Å². The van der Waals surface area contributed by atoms with Gasteiger partial charge in [0.1, 0.15) is 6.17 Å². The van der Waals surface area contributed by atoms with Crippen LogP contribution in [0.5, 0.6) is 0 Å². The first-order valence-corrected chi connectivity index (χ1v) is 10.5. The van der Waals surface area contributed by atoms with Crippen molar-refractivity contribution >= 4 is 17.6 Å². The van der Waals surface area contributed by atoms with Gasteiger partial charge in [0.15, 0.2) is 17.4 Å². The highest BCUT2D eigenvalue weighted by atomic mass is 19.4. The number of ketones is 1. The molecule has 33 heavy (non-hydrogen) atoms. The SMILES string of the molecule is CCc1ccnc(CC(=O)CN2C(=O)N(c3ncc(C(F)(F)F)cc3F)C[C@@H]2[C@@H](F)CC)c1. The maximum absolute atomic E-state index is 14.6. The van der Waals surface area contributed by atoms with Gasteiger partial charge in [-0.3, -0.25) is 14.7 Å². The van der Waals surface area contributed by atoms with E-state index in [1.807, 2.05) is 13.0 Å². The summed E-state index contributed by atoms with van der Waals surface area (Å²) in [4.78, 5) is 34.9. The molecule has 0 unspecified atom stereocenters. The van der Waals surface area contributed by atoms with Crippen molar-refractivity contribution in [2.75, 3.05) is 18.0 Å². The van der Waals surface area contributed by atoms with Gasteiger partial charge in [-0.15, -0.1) is 0 Å². The van der Waals surface area contributed by atoms with Crippen LogP contribution in [0.2, 0.25) is 0 Å². The summed E-state index contributed by atoms with van der Waals surface area (Å²) >= 11 is 0. The molecule has 0 N–H and O–H groups in total. The van der Waals surface area contributed by atoms with E-state index >= 15 is 0 Å². The van der Waals surface area contributed by atoms with Crippen molar-refractivity contribution in [1.82, 2.24) is 14.9 Å². The second-order valence-corrected chi connectivity index (χ2v) is 7.76. The van der Waals surface area contributed by atoms with Crippen LogP contribution in [0.15, 0.2) is 30.6 Å². The first-order chi connectivity index (χ1) is 15.5. The van der Waals surface area contributed by atoms with Crippen LogP contribution < -0.4 is 4.90 Å². The summed E-state index contributed by atoms with van der Waals surface area (Å²) < 4.78 is 67.5. The van der Waals surface area contributed by atoms with Gasteiger partial charge in [-0.1, -0.05) is 13.8 Å². The first kappa shape index (κ1) is 24.5. The maximum Gasteiger partial charge on any atom is 0.417 e. The molecule has 0 saturated carbocycles.